The van der Waals surface area contributed by atoms with E-state index in [1.807, 2.05) is 6.08 Å². The van der Waals surface area contributed by atoms with Crippen LogP contribution in [0.5, 0.6) is 0 Å². The van der Waals surface area contributed by atoms with Crippen LogP contribution in [-0.4, -0.2) is 11.8 Å². The maximum Gasteiger partial charge on any atom is 0.0286 e. The van der Waals surface area contributed by atoms with Crippen LogP contribution < -0.4 is 0 Å². The highest BCUT2D eigenvalue weighted by molar-refractivity contribution is 6.19. The number of allylic oxidation sites excluding steroid dienone is 1. The Hall–Kier alpha value is 0.320. The van der Waals surface area contributed by atoms with E-state index in [4.69, 9.17) is 23.2 Å². The monoisotopic (exact) mass is 152 g/mol. The van der Waals surface area contributed by atoms with Gasteiger partial charge in [-0.15, -0.1) is 29.8 Å². The molecule has 0 spiro atoms. The van der Waals surface area contributed by atoms with Gasteiger partial charge < -0.3 is 0 Å². The molecule has 0 aliphatic heterocycles. The molecule has 0 aliphatic carbocycles. The molecule has 0 rings (SSSR count). The van der Waals surface area contributed by atoms with Crippen LogP contribution in [0.1, 0.15) is 6.42 Å². The van der Waals surface area contributed by atoms with Gasteiger partial charge in [0.1, 0.15) is 0 Å². The summed E-state index contributed by atoms with van der Waals surface area (Å²) in [5.74, 6) is 1.70. The molecule has 0 aromatic rings. The third-order valence-corrected chi connectivity index (χ3v) is 1.63. The lowest BCUT2D eigenvalue weighted by atomic mass is 10.1. The first-order valence-electron chi connectivity index (χ1n) is 2.59. The van der Waals surface area contributed by atoms with Gasteiger partial charge in [-0.25, -0.2) is 0 Å². The van der Waals surface area contributed by atoms with Gasteiger partial charge in [0.2, 0.25) is 0 Å². The van der Waals surface area contributed by atoms with Crippen molar-refractivity contribution in [2.75, 3.05) is 11.8 Å². The Morgan fingerprint density at radius 1 is 1.50 bits per heavy atom. The Bertz CT molecular complexity index is 61.5. The van der Waals surface area contributed by atoms with E-state index in [0.29, 0.717) is 17.7 Å². The first-order chi connectivity index (χ1) is 3.85. The van der Waals surface area contributed by atoms with Gasteiger partial charge in [0, 0.05) is 11.8 Å². The minimum Gasteiger partial charge on any atom is -0.127 e. The van der Waals surface area contributed by atoms with Crippen LogP contribution in [0.2, 0.25) is 0 Å². The van der Waals surface area contributed by atoms with Crippen LogP contribution in [0.15, 0.2) is 12.7 Å². The third-order valence-electron chi connectivity index (χ3n) is 1.01. The molecule has 0 heterocycles. The SMILES string of the molecule is C=CC(CCl)CCCl. The summed E-state index contributed by atoms with van der Waals surface area (Å²) in [4.78, 5) is 0. The Labute approximate surface area is 60.5 Å². The summed E-state index contributed by atoms with van der Waals surface area (Å²) in [7, 11) is 0. The Kier molecular flexibility index (Phi) is 5.67. The van der Waals surface area contributed by atoms with Crippen molar-refractivity contribution in [2.45, 2.75) is 6.42 Å². The predicted octanol–water partition coefficient (Wildman–Crippen LogP) is 2.66. The van der Waals surface area contributed by atoms with Gasteiger partial charge in [0.05, 0.1) is 0 Å². The van der Waals surface area contributed by atoms with Crippen molar-refractivity contribution in [1.29, 1.82) is 0 Å². The zero-order chi connectivity index (χ0) is 6.41. The molecule has 0 aromatic heterocycles. The fourth-order valence-corrected chi connectivity index (χ4v) is 0.959. The van der Waals surface area contributed by atoms with Crippen molar-refractivity contribution in [3.8, 4) is 0 Å². The van der Waals surface area contributed by atoms with Crippen molar-refractivity contribution >= 4 is 23.2 Å². The smallest absolute Gasteiger partial charge is 0.0286 e. The molecule has 0 N–H and O–H groups in total. The summed E-state index contributed by atoms with van der Waals surface area (Å²) in [6, 6.07) is 0. The first kappa shape index (κ1) is 8.32. The number of rotatable bonds is 4. The maximum absolute atomic E-state index is 5.52. The van der Waals surface area contributed by atoms with Gasteiger partial charge in [-0.1, -0.05) is 6.08 Å². The Morgan fingerprint density at radius 2 is 2.12 bits per heavy atom. The van der Waals surface area contributed by atoms with Crippen LogP contribution in [-0.2, 0) is 0 Å². The molecule has 1 unspecified atom stereocenters. The van der Waals surface area contributed by atoms with Gasteiger partial charge in [-0.2, -0.15) is 0 Å². The quantitative estimate of drug-likeness (QED) is 0.430. The minimum atomic E-state index is 0.397. The second-order valence-corrected chi connectivity index (χ2v) is 2.31. The molecular weight excluding hydrogens is 143 g/mol. The summed E-state index contributed by atoms with van der Waals surface area (Å²) >= 11 is 11.0. The molecule has 0 amide bonds. The van der Waals surface area contributed by atoms with Gasteiger partial charge in [0.25, 0.3) is 0 Å². The molecule has 0 saturated carbocycles. The molecule has 0 radical (unpaired) electrons. The van der Waals surface area contributed by atoms with Gasteiger partial charge in [-0.05, 0) is 12.3 Å². The summed E-state index contributed by atoms with van der Waals surface area (Å²) in [5.41, 5.74) is 0. The zero-order valence-electron chi connectivity index (χ0n) is 4.74. The van der Waals surface area contributed by atoms with E-state index in [1.165, 1.54) is 0 Å². The Balaban J connectivity index is 3.21. The summed E-state index contributed by atoms with van der Waals surface area (Å²) < 4.78 is 0. The summed E-state index contributed by atoms with van der Waals surface area (Å²) in [6.45, 7) is 3.61. The van der Waals surface area contributed by atoms with E-state index < -0.39 is 0 Å². The molecule has 0 saturated heterocycles. The highest BCUT2D eigenvalue weighted by Gasteiger charge is 1.98. The molecule has 8 heavy (non-hydrogen) atoms. The third kappa shape index (κ3) is 3.34. The number of alkyl halides is 2. The molecular formula is C6H10Cl2. The van der Waals surface area contributed by atoms with Crippen LogP contribution >= 0.6 is 23.2 Å². The van der Waals surface area contributed by atoms with Gasteiger partial charge in [-0.3, -0.25) is 0 Å². The highest BCUT2D eigenvalue weighted by atomic mass is 35.5. The van der Waals surface area contributed by atoms with Gasteiger partial charge in [0.15, 0.2) is 0 Å². The standard InChI is InChI=1S/C6H10Cl2/c1-2-6(5-8)3-4-7/h2,6H,1,3-5H2. The number of hydrogen-bond acceptors (Lipinski definition) is 0. The van der Waals surface area contributed by atoms with Crippen molar-refractivity contribution < 1.29 is 0 Å². The normalized spacial score (nSPS) is 13.2. The van der Waals surface area contributed by atoms with Crippen LogP contribution in [0.25, 0.3) is 0 Å². The van der Waals surface area contributed by atoms with E-state index in [1.54, 1.807) is 0 Å². The molecule has 48 valence electrons. The molecule has 0 aliphatic rings. The fourth-order valence-electron chi connectivity index (χ4n) is 0.398. The van der Waals surface area contributed by atoms with Crippen molar-refractivity contribution in [2.24, 2.45) is 5.92 Å². The lowest BCUT2D eigenvalue weighted by Crippen LogP contribution is -1.97. The lowest BCUT2D eigenvalue weighted by molar-refractivity contribution is 0.712. The van der Waals surface area contributed by atoms with E-state index >= 15 is 0 Å². The fraction of sp³-hybridized carbons (Fsp3) is 0.667. The number of hydrogen-bond donors (Lipinski definition) is 0. The number of halogens is 2. The average Bonchev–Trinajstić information content (AvgIpc) is 1.83. The molecule has 0 aromatic carbocycles. The van der Waals surface area contributed by atoms with Crippen molar-refractivity contribution in [3.63, 3.8) is 0 Å². The summed E-state index contributed by atoms with van der Waals surface area (Å²) in [5, 5.41) is 0. The topological polar surface area (TPSA) is 0 Å². The van der Waals surface area contributed by atoms with Gasteiger partial charge >= 0.3 is 0 Å². The second kappa shape index (κ2) is 5.46. The molecule has 1 atom stereocenters. The largest absolute Gasteiger partial charge is 0.127 e. The average molecular weight is 153 g/mol. The van der Waals surface area contributed by atoms with E-state index in [2.05, 4.69) is 6.58 Å². The van der Waals surface area contributed by atoms with E-state index in [9.17, 15) is 0 Å². The Morgan fingerprint density at radius 3 is 2.25 bits per heavy atom. The zero-order valence-corrected chi connectivity index (χ0v) is 6.25. The lowest BCUT2D eigenvalue weighted by Gasteiger charge is -2.02. The van der Waals surface area contributed by atoms with Crippen LogP contribution in [0.4, 0.5) is 0 Å². The van der Waals surface area contributed by atoms with E-state index in [0.717, 1.165) is 6.42 Å². The molecule has 0 nitrogen and oxygen atoms in total. The molecule has 2 heteroatoms. The minimum absolute atomic E-state index is 0.397. The van der Waals surface area contributed by atoms with Crippen LogP contribution in [0.3, 0.4) is 0 Å². The first-order valence-corrected chi connectivity index (χ1v) is 3.66. The van der Waals surface area contributed by atoms with Crippen molar-refractivity contribution in [3.05, 3.63) is 12.7 Å². The highest BCUT2D eigenvalue weighted by Crippen LogP contribution is 2.06. The molecule has 0 fully saturated rings. The predicted molar refractivity (Wildman–Crippen MR) is 39.7 cm³/mol. The second-order valence-electron chi connectivity index (χ2n) is 1.63. The summed E-state index contributed by atoms with van der Waals surface area (Å²) in [6.07, 6.45) is 2.78. The van der Waals surface area contributed by atoms with E-state index in [-0.39, 0.29) is 0 Å². The maximum atomic E-state index is 5.52. The van der Waals surface area contributed by atoms with Crippen LogP contribution in [0, 0.1) is 5.92 Å². The molecule has 0 bridgehead atoms. The van der Waals surface area contributed by atoms with Crippen molar-refractivity contribution in [1.82, 2.24) is 0 Å².